The highest BCUT2D eigenvalue weighted by molar-refractivity contribution is 7.20. The van der Waals surface area contributed by atoms with Crippen LogP contribution >= 0.6 is 11.3 Å². The molecule has 0 spiro atoms. The predicted molar refractivity (Wildman–Crippen MR) is 145 cm³/mol. The van der Waals surface area contributed by atoms with Gasteiger partial charge in [0.2, 0.25) is 5.91 Å². The van der Waals surface area contributed by atoms with Crippen LogP contribution in [0, 0.1) is 20.8 Å². The highest BCUT2D eigenvalue weighted by Crippen LogP contribution is 2.31. The normalized spacial score (nSPS) is 11.7. The van der Waals surface area contributed by atoms with Gasteiger partial charge in [-0.2, -0.15) is 0 Å². The monoisotopic (exact) mass is 520 g/mol. The molecule has 4 rings (SSSR count). The fourth-order valence-corrected chi connectivity index (χ4v) is 5.08. The Morgan fingerprint density at radius 2 is 1.73 bits per heavy atom. The van der Waals surface area contributed by atoms with Gasteiger partial charge < -0.3 is 20.1 Å². The Labute approximate surface area is 218 Å². The summed E-state index contributed by atoms with van der Waals surface area (Å²) in [6.07, 6.45) is 1.34. The second-order valence-corrected chi connectivity index (χ2v) is 9.70. The number of anilines is 2. The number of thiophene rings is 1. The Morgan fingerprint density at radius 1 is 1.00 bits per heavy atom. The predicted octanol–water partition coefficient (Wildman–Crippen LogP) is 4.85. The highest BCUT2D eigenvalue weighted by Gasteiger charge is 2.23. The van der Waals surface area contributed by atoms with Gasteiger partial charge in [0, 0.05) is 17.4 Å². The first-order chi connectivity index (χ1) is 17.6. The quantitative estimate of drug-likeness (QED) is 0.360. The Kier molecular flexibility index (Phi) is 7.30. The van der Waals surface area contributed by atoms with E-state index in [0.29, 0.717) is 43.5 Å². The van der Waals surface area contributed by atoms with E-state index in [4.69, 9.17) is 9.47 Å². The first-order valence-corrected chi connectivity index (χ1v) is 12.4. The second-order valence-electron chi connectivity index (χ2n) is 8.70. The maximum atomic E-state index is 13.4. The Morgan fingerprint density at radius 3 is 2.41 bits per heavy atom. The van der Waals surface area contributed by atoms with Crippen molar-refractivity contribution in [3.05, 3.63) is 74.6 Å². The van der Waals surface area contributed by atoms with Gasteiger partial charge in [0.15, 0.2) is 11.5 Å². The third kappa shape index (κ3) is 5.05. The standard InChI is InChI=1S/C27H28N4O5S/c1-14-7-9-19(15(2)11-14)30-25(33)23-16(3)22-26(37-23)28-13-31(27(22)34)17(4)24(32)29-18-8-10-20(35-5)21(12-18)36-6/h7-13,17H,1-6H3,(H,29,32)(H,30,33). The van der Waals surface area contributed by atoms with Gasteiger partial charge in [0.25, 0.3) is 11.5 Å². The van der Waals surface area contributed by atoms with Crippen molar-refractivity contribution in [3.8, 4) is 11.5 Å². The minimum Gasteiger partial charge on any atom is -0.493 e. The van der Waals surface area contributed by atoms with Crippen molar-refractivity contribution in [2.24, 2.45) is 0 Å². The van der Waals surface area contributed by atoms with E-state index in [1.54, 1.807) is 32.0 Å². The van der Waals surface area contributed by atoms with Crippen molar-refractivity contribution in [1.29, 1.82) is 0 Å². The summed E-state index contributed by atoms with van der Waals surface area (Å²) in [6.45, 7) is 7.24. The van der Waals surface area contributed by atoms with Crippen LogP contribution < -0.4 is 25.7 Å². The van der Waals surface area contributed by atoms with Gasteiger partial charge in [0.1, 0.15) is 10.9 Å². The fourth-order valence-electron chi connectivity index (χ4n) is 4.05. The molecule has 0 saturated heterocycles. The lowest BCUT2D eigenvalue weighted by Crippen LogP contribution is -2.31. The van der Waals surface area contributed by atoms with Crippen molar-refractivity contribution in [3.63, 3.8) is 0 Å². The number of nitrogens with one attached hydrogen (secondary N) is 2. The fraction of sp³-hybridized carbons (Fsp3) is 0.259. The SMILES string of the molecule is COc1ccc(NC(=O)C(C)n2cnc3sc(C(=O)Nc4ccc(C)cc4C)c(C)c3c2=O)cc1OC. The summed E-state index contributed by atoms with van der Waals surface area (Å²) in [6, 6.07) is 9.91. The van der Waals surface area contributed by atoms with Gasteiger partial charge in [-0.25, -0.2) is 4.98 Å². The molecule has 2 heterocycles. The zero-order valence-electron chi connectivity index (χ0n) is 21.5. The van der Waals surface area contributed by atoms with Gasteiger partial charge >= 0.3 is 0 Å². The Hall–Kier alpha value is -4.18. The van der Waals surface area contributed by atoms with E-state index in [0.717, 1.165) is 22.5 Å². The van der Waals surface area contributed by atoms with E-state index in [1.807, 2.05) is 32.0 Å². The van der Waals surface area contributed by atoms with Gasteiger partial charge in [-0.3, -0.25) is 19.0 Å². The van der Waals surface area contributed by atoms with Crippen molar-refractivity contribution >= 4 is 44.7 Å². The maximum absolute atomic E-state index is 13.4. The molecule has 4 aromatic rings. The molecule has 37 heavy (non-hydrogen) atoms. The van der Waals surface area contributed by atoms with Gasteiger partial charge in [-0.05, 0) is 57.0 Å². The van der Waals surface area contributed by atoms with Crippen LogP contribution in [0.4, 0.5) is 11.4 Å². The molecule has 0 bridgehead atoms. The number of amides is 2. The first kappa shape index (κ1) is 25.9. The molecule has 0 aliphatic heterocycles. The largest absolute Gasteiger partial charge is 0.493 e. The van der Waals surface area contributed by atoms with Crippen LogP contribution in [0.2, 0.25) is 0 Å². The second kappa shape index (κ2) is 10.4. The number of benzene rings is 2. The van der Waals surface area contributed by atoms with Crippen molar-refractivity contribution < 1.29 is 19.1 Å². The average Bonchev–Trinajstić information content (AvgIpc) is 3.22. The number of hydrogen-bond donors (Lipinski definition) is 2. The molecular weight excluding hydrogens is 492 g/mol. The molecule has 192 valence electrons. The number of rotatable bonds is 7. The Bertz CT molecular complexity index is 1570. The molecular formula is C27H28N4O5S. The molecule has 0 saturated carbocycles. The molecule has 2 aromatic carbocycles. The van der Waals surface area contributed by atoms with E-state index in [-0.39, 0.29) is 11.5 Å². The zero-order valence-corrected chi connectivity index (χ0v) is 22.3. The van der Waals surface area contributed by atoms with Crippen LogP contribution in [0.5, 0.6) is 11.5 Å². The molecule has 1 atom stereocenters. The van der Waals surface area contributed by atoms with E-state index < -0.39 is 11.9 Å². The van der Waals surface area contributed by atoms with Gasteiger partial charge in [0.05, 0.1) is 30.8 Å². The first-order valence-electron chi connectivity index (χ1n) is 11.6. The molecule has 1 unspecified atom stereocenters. The number of methoxy groups -OCH3 is 2. The Balaban J connectivity index is 1.61. The summed E-state index contributed by atoms with van der Waals surface area (Å²) in [5.74, 6) is 0.285. The number of carbonyl (C=O) groups excluding carboxylic acids is 2. The van der Waals surface area contributed by atoms with E-state index in [1.165, 1.54) is 25.1 Å². The molecule has 2 aromatic heterocycles. The van der Waals surface area contributed by atoms with E-state index >= 15 is 0 Å². The maximum Gasteiger partial charge on any atom is 0.266 e. The van der Waals surface area contributed by atoms with Gasteiger partial charge in [-0.15, -0.1) is 11.3 Å². The van der Waals surface area contributed by atoms with Crippen LogP contribution in [-0.4, -0.2) is 35.6 Å². The van der Waals surface area contributed by atoms with Crippen molar-refractivity contribution in [1.82, 2.24) is 9.55 Å². The number of hydrogen-bond acceptors (Lipinski definition) is 7. The van der Waals surface area contributed by atoms with Crippen LogP contribution in [0.25, 0.3) is 10.2 Å². The smallest absolute Gasteiger partial charge is 0.266 e. The minimum absolute atomic E-state index is 0.308. The molecule has 2 N–H and O–H groups in total. The molecule has 0 fully saturated rings. The summed E-state index contributed by atoms with van der Waals surface area (Å²) >= 11 is 1.15. The summed E-state index contributed by atoms with van der Waals surface area (Å²) in [5, 5.41) is 6.04. The lowest BCUT2D eigenvalue weighted by Gasteiger charge is -2.16. The third-order valence-corrected chi connectivity index (χ3v) is 7.36. The summed E-state index contributed by atoms with van der Waals surface area (Å²) in [4.78, 5) is 44.7. The zero-order chi connectivity index (χ0) is 26.9. The van der Waals surface area contributed by atoms with Crippen LogP contribution in [0.1, 0.15) is 39.3 Å². The molecule has 0 radical (unpaired) electrons. The van der Waals surface area contributed by atoms with Crippen LogP contribution in [0.15, 0.2) is 47.5 Å². The molecule has 0 aliphatic rings. The van der Waals surface area contributed by atoms with Crippen molar-refractivity contribution in [2.45, 2.75) is 33.7 Å². The number of ether oxygens (including phenoxy) is 2. The number of carbonyl (C=O) groups is 2. The van der Waals surface area contributed by atoms with E-state index in [2.05, 4.69) is 15.6 Å². The minimum atomic E-state index is -0.857. The van der Waals surface area contributed by atoms with E-state index in [9.17, 15) is 14.4 Å². The summed E-state index contributed by atoms with van der Waals surface area (Å²) in [7, 11) is 3.03. The number of aromatic nitrogens is 2. The van der Waals surface area contributed by atoms with Crippen LogP contribution in [0.3, 0.4) is 0 Å². The topological polar surface area (TPSA) is 112 Å². The van der Waals surface area contributed by atoms with Gasteiger partial charge in [-0.1, -0.05) is 17.7 Å². The number of aryl methyl sites for hydroxylation is 3. The summed E-state index contributed by atoms with van der Waals surface area (Å²) in [5.41, 5.74) is 3.39. The lowest BCUT2D eigenvalue weighted by molar-refractivity contribution is -0.118. The summed E-state index contributed by atoms with van der Waals surface area (Å²) < 4.78 is 11.8. The third-order valence-electron chi connectivity index (χ3n) is 6.16. The number of nitrogens with zero attached hydrogens (tertiary/aromatic N) is 2. The lowest BCUT2D eigenvalue weighted by atomic mass is 10.1. The molecule has 2 amide bonds. The van der Waals surface area contributed by atoms with Crippen molar-refractivity contribution in [2.75, 3.05) is 24.9 Å². The number of fused-ring (bicyclic) bond motifs is 1. The van der Waals surface area contributed by atoms with Crippen LogP contribution in [-0.2, 0) is 4.79 Å². The molecule has 9 nitrogen and oxygen atoms in total. The average molecular weight is 521 g/mol. The molecule has 10 heteroatoms. The highest BCUT2D eigenvalue weighted by atomic mass is 32.1. The molecule has 0 aliphatic carbocycles.